The molecule has 0 unspecified atom stereocenters. The van der Waals surface area contributed by atoms with Crippen LogP contribution in [-0.4, -0.2) is 58.8 Å². The second-order valence-electron chi connectivity index (χ2n) is 11.0. The topological polar surface area (TPSA) is 142 Å². The molecular weight excluding hydrogens is 590 g/mol. The molecule has 11 nitrogen and oxygen atoms in total. The number of alkyl halides is 2. The van der Waals surface area contributed by atoms with Gasteiger partial charge in [-0.3, -0.25) is 9.78 Å². The van der Waals surface area contributed by atoms with E-state index in [0.717, 1.165) is 5.56 Å². The molecule has 3 aromatic rings. The summed E-state index contributed by atoms with van der Waals surface area (Å²) in [4.78, 5) is 37.3. The summed E-state index contributed by atoms with van der Waals surface area (Å²) in [7, 11) is 0. The Bertz CT molecular complexity index is 1430. The minimum atomic E-state index is -2.61. The number of pyridine rings is 3. The lowest BCUT2D eigenvalue weighted by Crippen LogP contribution is -2.37. The summed E-state index contributed by atoms with van der Waals surface area (Å²) in [6.07, 6.45) is 1.57. The van der Waals surface area contributed by atoms with Crippen molar-refractivity contribution < 1.29 is 42.4 Å². The highest BCUT2D eigenvalue weighted by Gasteiger charge is 2.39. The van der Waals surface area contributed by atoms with Crippen molar-refractivity contribution in [1.82, 2.24) is 15.0 Å². The fourth-order valence-electron chi connectivity index (χ4n) is 5.23. The highest BCUT2D eigenvalue weighted by Crippen LogP contribution is 2.41. The molecule has 0 radical (unpaired) electrons. The molecule has 1 fully saturated rings. The summed E-state index contributed by atoms with van der Waals surface area (Å²) < 4.78 is 45.9. The molecule has 1 aliphatic rings. The second kappa shape index (κ2) is 15.7. The first kappa shape index (κ1) is 33.7. The lowest BCUT2D eigenvalue weighted by molar-refractivity contribution is -0.160. The number of carbonyl (C=O) groups excluding carboxylic acids is 2. The van der Waals surface area contributed by atoms with Crippen LogP contribution in [0.1, 0.15) is 62.8 Å². The SMILES string of the molecule is CCOCCOC(=O)OCOC(=O)C1CCC([C@@](C)(O)c2ccc(-c3cc(C)cc(Nc4cc(C(F)F)ccn4)n3)cn2)CC1. The Kier molecular flexibility index (Phi) is 11.7. The van der Waals surface area contributed by atoms with Crippen molar-refractivity contribution in [2.75, 3.05) is 31.9 Å². The van der Waals surface area contributed by atoms with Gasteiger partial charge in [0.1, 0.15) is 23.8 Å². The Labute approximate surface area is 260 Å². The molecule has 4 rings (SSSR count). The molecule has 0 aromatic carbocycles. The molecule has 1 saturated carbocycles. The van der Waals surface area contributed by atoms with E-state index in [2.05, 4.69) is 20.3 Å². The first-order valence-electron chi connectivity index (χ1n) is 14.8. The summed E-state index contributed by atoms with van der Waals surface area (Å²) >= 11 is 0. The number of hydrogen-bond acceptors (Lipinski definition) is 11. The van der Waals surface area contributed by atoms with Crippen molar-refractivity contribution in [2.24, 2.45) is 11.8 Å². The van der Waals surface area contributed by atoms with Gasteiger partial charge in [0.05, 0.1) is 23.9 Å². The second-order valence-corrected chi connectivity index (χ2v) is 11.0. The van der Waals surface area contributed by atoms with E-state index in [0.29, 0.717) is 55.1 Å². The number of aliphatic hydroxyl groups is 1. The quantitative estimate of drug-likeness (QED) is 0.126. The van der Waals surface area contributed by atoms with E-state index in [1.165, 1.54) is 18.3 Å². The molecule has 2 N–H and O–H groups in total. The zero-order valence-corrected chi connectivity index (χ0v) is 25.5. The normalized spacial score (nSPS) is 17.8. The summed E-state index contributed by atoms with van der Waals surface area (Å²) in [5, 5.41) is 14.5. The van der Waals surface area contributed by atoms with Gasteiger partial charge in [0, 0.05) is 30.1 Å². The van der Waals surface area contributed by atoms with Crippen LogP contribution in [0.15, 0.2) is 48.8 Å². The number of aromatic nitrogens is 3. The van der Waals surface area contributed by atoms with Gasteiger partial charge >= 0.3 is 12.1 Å². The van der Waals surface area contributed by atoms with Crippen molar-refractivity contribution in [1.29, 1.82) is 0 Å². The molecule has 13 heteroatoms. The maximum absolute atomic E-state index is 13.1. The molecule has 1 aliphatic carbocycles. The van der Waals surface area contributed by atoms with E-state index in [1.807, 2.05) is 26.0 Å². The molecule has 0 amide bonds. The van der Waals surface area contributed by atoms with E-state index in [1.54, 1.807) is 25.3 Å². The molecule has 1 atom stereocenters. The molecule has 0 aliphatic heterocycles. The number of aryl methyl sites for hydroxylation is 1. The molecule has 3 heterocycles. The van der Waals surface area contributed by atoms with Crippen molar-refractivity contribution >= 4 is 23.8 Å². The Balaban J connectivity index is 1.31. The van der Waals surface area contributed by atoms with Crippen LogP contribution < -0.4 is 5.32 Å². The fourth-order valence-corrected chi connectivity index (χ4v) is 5.23. The molecule has 0 bridgehead atoms. The van der Waals surface area contributed by atoms with Gasteiger partial charge in [0.25, 0.3) is 6.43 Å². The van der Waals surface area contributed by atoms with E-state index in [9.17, 15) is 23.5 Å². The van der Waals surface area contributed by atoms with Crippen LogP contribution in [-0.2, 0) is 29.3 Å². The van der Waals surface area contributed by atoms with Crippen LogP contribution >= 0.6 is 0 Å². The van der Waals surface area contributed by atoms with Crippen LogP contribution in [0.25, 0.3) is 11.3 Å². The smallest absolute Gasteiger partial charge is 0.432 e. The van der Waals surface area contributed by atoms with E-state index in [-0.39, 0.29) is 36.4 Å². The van der Waals surface area contributed by atoms with Crippen molar-refractivity contribution in [3.8, 4) is 11.3 Å². The number of carbonyl (C=O) groups is 2. The summed E-state index contributed by atoms with van der Waals surface area (Å²) in [5.74, 6) is -0.269. The Morgan fingerprint density at radius 2 is 1.80 bits per heavy atom. The number of nitrogens with one attached hydrogen (secondary N) is 1. The molecular formula is C32H38F2N4O7. The van der Waals surface area contributed by atoms with Crippen LogP contribution in [0.5, 0.6) is 0 Å². The lowest BCUT2D eigenvalue weighted by atomic mass is 9.73. The van der Waals surface area contributed by atoms with E-state index in [4.69, 9.17) is 18.9 Å². The summed E-state index contributed by atoms with van der Waals surface area (Å²) in [5.41, 5.74) is 1.33. The molecule has 242 valence electrons. The minimum absolute atomic E-state index is 0.0456. The summed E-state index contributed by atoms with van der Waals surface area (Å²) in [6.45, 7) is 5.71. The third-order valence-electron chi connectivity index (χ3n) is 7.72. The monoisotopic (exact) mass is 628 g/mol. The number of anilines is 2. The number of esters is 1. The third-order valence-corrected chi connectivity index (χ3v) is 7.72. The van der Waals surface area contributed by atoms with Gasteiger partial charge in [-0.2, -0.15) is 0 Å². The molecule has 0 spiro atoms. The summed E-state index contributed by atoms with van der Waals surface area (Å²) in [6, 6.07) is 9.78. The third kappa shape index (κ3) is 9.38. The van der Waals surface area contributed by atoms with Gasteiger partial charge in [0.2, 0.25) is 6.79 Å². The van der Waals surface area contributed by atoms with E-state index < -0.39 is 30.9 Å². The number of ether oxygens (including phenoxy) is 4. The standard InChI is InChI=1S/C32H38F2N4O7/c1-4-42-13-14-43-31(40)45-19-44-30(39)21-5-8-24(9-6-21)32(3,41)26-10-7-23(18-36-26)25-15-20(2)16-28(37-25)38-27-17-22(29(33)34)11-12-35-27/h7,10-12,15-18,21,24,29,41H,4-6,8-9,13-14,19H2,1-3H3,(H,35,37,38)/t21?,24?,32-/m1/s1. The lowest BCUT2D eigenvalue weighted by Gasteiger charge is -2.37. The Morgan fingerprint density at radius 1 is 1.02 bits per heavy atom. The van der Waals surface area contributed by atoms with Gasteiger partial charge in [-0.15, -0.1) is 0 Å². The van der Waals surface area contributed by atoms with Crippen molar-refractivity contribution in [3.05, 3.63) is 65.6 Å². The number of rotatable bonds is 13. The zero-order chi connectivity index (χ0) is 32.4. The van der Waals surface area contributed by atoms with Gasteiger partial charge in [-0.1, -0.05) is 0 Å². The van der Waals surface area contributed by atoms with Crippen LogP contribution in [0, 0.1) is 18.8 Å². The number of hydrogen-bond donors (Lipinski definition) is 2. The van der Waals surface area contributed by atoms with Crippen molar-refractivity contribution in [2.45, 2.75) is 58.5 Å². The average Bonchev–Trinajstić information content (AvgIpc) is 3.03. The first-order valence-corrected chi connectivity index (χ1v) is 14.8. The first-order chi connectivity index (χ1) is 21.6. The predicted octanol–water partition coefficient (Wildman–Crippen LogP) is 6.23. The molecule has 3 aromatic heterocycles. The molecule has 0 saturated heterocycles. The Morgan fingerprint density at radius 3 is 2.49 bits per heavy atom. The maximum atomic E-state index is 13.1. The predicted molar refractivity (Wildman–Crippen MR) is 160 cm³/mol. The largest absolute Gasteiger partial charge is 0.511 e. The van der Waals surface area contributed by atoms with Crippen molar-refractivity contribution in [3.63, 3.8) is 0 Å². The fraction of sp³-hybridized carbons (Fsp3) is 0.469. The maximum Gasteiger partial charge on any atom is 0.511 e. The number of nitrogens with zero attached hydrogens (tertiary/aromatic N) is 3. The van der Waals surface area contributed by atoms with Gasteiger partial charge in [0.15, 0.2) is 0 Å². The highest BCUT2D eigenvalue weighted by molar-refractivity contribution is 5.72. The zero-order valence-electron chi connectivity index (χ0n) is 25.5. The van der Waals surface area contributed by atoms with E-state index >= 15 is 0 Å². The average molecular weight is 629 g/mol. The number of halogens is 2. The van der Waals surface area contributed by atoms with Crippen LogP contribution in [0.2, 0.25) is 0 Å². The van der Waals surface area contributed by atoms with Crippen LogP contribution in [0.4, 0.5) is 25.2 Å². The van der Waals surface area contributed by atoms with Gasteiger partial charge in [-0.25, -0.2) is 23.5 Å². The van der Waals surface area contributed by atoms with Crippen LogP contribution in [0.3, 0.4) is 0 Å². The minimum Gasteiger partial charge on any atom is -0.432 e. The van der Waals surface area contributed by atoms with Gasteiger partial charge < -0.3 is 29.4 Å². The Hall–Kier alpha value is -4.23. The molecule has 45 heavy (non-hydrogen) atoms. The highest BCUT2D eigenvalue weighted by atomic mass is 19.3. The van der Waals surface area contributed by atoms with Gasteiger partial charge in [-0.05, 0) is 94.3 Å².